The van der Waals surface area contributed by atoms with Crippen LogP contribution < -0.4 is 5.56 Å². The molecule has 0 saturated heterocycles. The van der Waals surface area contributed by atoms with E-state index in [9.17, 15) is 4.79 Å². The van der Waals surface area contributed by atoms with Crippen LogP contribution in [0.1, 0.15) is 30.2 Å². The molecule has 1 aromatic heterocycles. The number of benzene rings is 1. The van der Waals surface area contributed by atoms with Gasteiger partial charge in [-0.1, -0.05) is 24.6 Å². The first kappa shape index (κ1) is 13.3. The van der Waals surface area contributed by atoms with Crippen LogP contribution in [-0.4, -0.2) is 22.5 Å². The lowest BCUT2D eigenvalue weighted by molar-refractivity contribution is 0.835. The van der Waals surface area contributed by atoms with Crippen molar-refractivity contribution in [3.8, 4) is 5.69 Å². The van der Waals surface area contributed by atoms with Crippen LogP contribution in [0.5, 0.6) is 0 Å². The van der Waals surface area contributed by atoms with E-state index >= 15 is 0 Å². The molecule has 1 aromatic carbocycles. The Bertz CT molecular complexity index is 632. The minimum absolute atomic E-state index is 0.0544. The highest BCUT2D eigenvalue weighted by atomic mass is 16.1. The molecule has 4 nitrogen and oxygen atoms in total. The molecule has 0 atom stereocenters. The van der Waals surface area contributed by atoms with Gasteiger partial charge in [0, 0.05) is 18.5 Å². The highest BCUT2D eigenvalue weighted by molar-refractivity contribution is 5.80. The van der Waals surface area contributed by atoms with Gasteiger partial charge in [0.15, 0.2) is 0 Å². The Balaban J connectivity index is 2.41. The SMILES string of the molecule is CCCN=Cc1c(C)[nH]n(-c2ccc(C)cc2)c1=O. The predicted octanol–water partition coefficient (Wildman–Crippen LogP) is 2.61. The smallest absolute Gasteiger partial charge is 0.280 e. The van der Waals surface area contributed by atoms with Crippen molar-refractivity contribution in [1.29, 1.82) is 0 Å². The van der Waals surface area contributed by atoms with Gasteiger partial charge in [-0.05, 0) is 32.4 Å². The summed E-state index contributed by atoms with van der Waals surface area (Å²) in [6, 6.07) is 7.84. The maximum Gasteiger partial charge on any atom is 0.280 e. The third kappa shape index (κ3) is 2.84. The average molecular weight is 257 g/mol. The van der Waals surface area contributed by atoms with E-state index in [1.54, 1.807) is 10.9 Å². The fraction of sp³-hybridized carbons (Fsp3) is 0.333. The second kappa shape index (κ2) is 5.69. The molecule has 0 bridgehead atoms. The molecule has 0 fully saturated rings. The molecule has 2 aromatic rings. The maximum atomic E-state index is 12.3. The van der Waals surface area contributed by atoms with Crippen LogP contribution >= 0.6 is 0 Å². The van der Waals surface area contributed by atoms with Gasteiger partial charge in [-0.3, -0.25) is 14.9 Å². The summed E-state index contributed by atoms with van der Waals surface area (Å²) >= 11 is 0. The van der Waals surface area contributed by atoms with Crippen molar-refractivity contribution in [2.24, 2.45) is 4.99 Å². The summed E-state index contributed by atoms with van der Waals surface area (Å²) < 4.78 is 1.56. The van der Waals surface area contributed by atoms with Crippen LogP contribution in [0.15, 0.2) is 34.1 Å². The molecule has 0 aliphatic rings. The molecule has 0 radical (unpaired) electrons. The molecular formula is C15H19N3O. The van der Waals surface area contributed by atoms with Crippen molar-refractivity contribution in [3.63, 3.8) is 0 Å². The van der Waals surface area contributed by atoms with E-state index in [2.05, 4.69) is 17.0 Å². The van der Waals surface area contributed by atoms with E-state index in [1.807, 2.05) is 38.1 Å². The molecule has 1 N–H and O–H groups in total. The van der Waals surface area contributed by atoms with Crippen LogP contribution in [0.25, 0.3) is 5.69 Å². The molecule has 0 aliphatic carbocycles. The standard InChI is InChI=1S/C15H19N3O/c1-4-9-16-10-14-12(3)17-18(15(14)19)13-7-5-11(2)6-8-13/h5-8,10,17H,4,9H2,1-3H3. The fourth-order valence-electron chi connectivity index (χ4n) is 1.87. The van der Waals surface area contributed by atoms with E-state index in [-0.39, 0.29) is 5.56 Å². The summed E-state index contributed by atoms with van der Waals surface area (Å²) in [4.78, 5) is 16.6. The Labute approximate surface area is 112 Å². The Kier molecular flexibility index (Phi) is 4.00. The molecule has 19 heavy (non-hydrogen) atoms. The van der Waals surface area contributed by atoms with Gasteiger partial charge in [-0.2, -0.15) is 0 Å². The third-order valence-electron chi connectivity index (χ3n) is 2.98. The summed E-state index contributed by atoms with van der Waals surface area (Å²) in [5, 5.41) is 3.09. The molecule has 0 aliphatic heterocycles. The molecule has 100 valence electrons. The van der Waals surface area contributed by atoms with Gasteiger partial charge in [0.2, 0.25) is 0 Å². The van der Waals surface area contributed by atoms with E-state index in [0.717, 1.165) is 24.3 Å². The van der Waals surface area contributed by atoms with Crippen molar-refractivity contribution in [3.05, 3.63) is 51.4 Å². The zero-order valence-corrected chi connectivity index (χ0v) is 11.6. The van der Waals surface area contributed by atoms with Crippen molar-refractivity contribution in [1.82, 2.24) is 9.78 Å². The van der Waals surface area contributed by atoms with E-state index in [1.165, 1.54) is 5.56 Å². The predicted molar refractivity (Wildman–Crippen MR) is 78.6 cm³/mol. The Hall–Kier alpha value is -2.10. The number of aromatic amines is 1. The highest BCUT2D eigenvalue weighted by Gasteiger charge is 2.10. The lowest BCUT2D eigenvalue weighted by atomic mass is 10.2. The lowest BCUT2D eigenvalue weighted by Gasteiger charge is -2.01. The van der Waals surface area contributed by atoms with Gasteiger partial charge in [-0.25, -0.2) is 4.68 Å². The third-order valence-corrected chi connectivity index (χ3v) is 2.98. The molecule has 0 spiro atoms. The Morgan fingerprint density at radius 2 is 1.95 bits per heavy atom. The zero-order valence-electron chi connectivity index (χ0n) is 11.6. The number of rotatable bonds is 4. The zero-order chi connectivity index (χ0) is 13.8. The van der Waals surface area contributed by atoms with Gasteiger partial charge in [0.25, 0.3) is 5.56 Å². The number of H-pyrrole nitrogens is 1. The molecule has 2 rings (SSSR count). The van der Waals surface area contributed by atoms with Gasteiger partial charge in [0.1, 0.15) is 0 Å². The first-order valence-corrected chi connectivity index (χ1v) is 6.52. The molecule has 4 heteroatoms. The average Bonchev–Trinajstić information content (AvgIpc) is 2.68. The summed E-state index contributed by atoms with van der Waals surface area (Å²) in [5.41, 5.74) is 3.43. The van der Waals surface area contributed by atoms with Crippen molar-refractivity contribution in [2.45, 2.75) is 27.2 Å². The van der Waals surface area contributed by atoms with Crippen LogP contribution in [0.4, 0.5) is 0 Å². The molecule has 0 amide bonds. The summed E-state index contributed by atoms with van der Waals surface area (Å²) in [7, 11) is 0. The van der Waals surface area contributed by atoms with E-state index < -0.39 is 0 Å². The largest absolute Gasteiger partial charge is 0.295 e. The van der Waals surface area contributed by atoms with Crippen molar-refractivity contribution >= 4 is 6.21 Å². The summed E-state index contributed by atoms with van der Waals surface area (Å²) in [6.45, 7) is 6.72. The molecule has 0 saturated carbocycles. The topological polar surface area (TPSA) is 50.1 Å². The lowest BCUT2D eigenvalue weighted by Crippen LogP contribution is -2.17. The summed E-state index contributed by atoms with van der Waals surface area (Å²) in [5.74, 6) is 0. The highest BCUT2D eigenvalue weighted by Crippen LogP contribution is 2.08. The first-order valence-electron chi connectivity index (χ1n) is 6.52. The Morgan fingerprint density at radius 3 is 2.58 bits per heavy atom. The van der Waals surface area contributed by atoms with Gasteiger partial charge in [-0.15, -0.1) is 0 Å². The number of aromatic nitrogens is 2. The van der Waals surface area contributed by atoms with Crippen molar-refractivity contribution in [2.75, 3.05) is 6.54 Å². The number of hydrogen-bond donors (Lipinski definition) is 1. The molecule has 0 unspecified atom stereocenters. The summed E-state index contributed by atoms with van der Waals surface area (Å²) in [6.07, 6.45) is 2.65. The number of nitrogens with one attached hydrogen (secondary N) is 1. The number of aliphatic imine (C=N–C) groups is 1. The van der Waals surface area contributed by atoms with Crippen LogP contribution in [0.2, 0.25) is 0 Å². The number of aryl methyl sites for hydroxylation is 2. The Morgan fingerprint density at radius 1 is 1.26 bits per heavy atom. The molecular weight excluding hydrogens is 238 g/mol. The normalized spacial score (nSPS) is 11.3. The second-order valence-electron chi connectivity index (χ2n) is 4.66. The van der Waals surface area contributed by atoms with Gasteiger partial charge in [0.05, 0.1) is 11.3 Å². The first-order chi connectivity index (χ1) is 9.13. The maximum absolute atomic E-state index is 12.3. The number of hydrogen-bond acceptors (Lipinski definition) is 2. The minimum Gasteiger partial charge on any atom is -0.295 e. The van der Waals surface area contributed by atoms with E-state index in [0.29, 0.717) is 5.56 Å². The van der Waals surface area contributed by atoms with Crippen LogP contribution in [-0.2, 0) is 0 Å². The second-order valence-corrected chi connectivity index (χ2v) is 4.66. The van der Waals surface area contributed by atoms with E-state index in [4.69, 9.17) is 0 Å². The monoisotopic (exact) mass is 257 g/mol. The van der Waals surface area contributed by atoms with Crippen molar-refractivity contribution < 1.29 is 0 Å². The minimum atomic E-state index is -0.0544. The van der Waals surface area contributed by atoms with Gasteiger partial charge < -0.3 is 0 Å². The molecule has 1 heterocycles. The van der Waals surface area contributed by atoms with Crippen LogP contribution in [0, 0.1) is 13.8 Å². The quantitative estimate of drug-likeness (QED) is 0.841. The fourth-order valence-corrected chi connectivity index (χ4v) is 1.87. The van der Waals surface area contributed by atoms with Gasteiger partial charge >= 0.3 is 0 Å². The number of nitrogens with zero attached hydrogens (tertiary/aromatic N) is 2. The van der Waals surface area contributed by atoms with Crippen LogP contribution in [0.3, 0.4) is 0 Å².